The van der Waals surface area contributed by atoms with Crippen LogP contribution in [0.4, 0.5) is 5.69 Å². The average Bonchev–Trinajstić information content (AvgIpc) is 3.00. The van der Waals surface area contributed by atoms with E-state index in [1.54, 1.807) is 0 Å². The summed E-state index contributed by atoms with van der Waals surface area (Å²) in [5, 5.41) is 9.17. The Morgan fingerprint density at radius 2 is 1.77 bits per heavy atom. The zero-order valence-electron chi connectivity index (χ0n) is 15.9. The van der Waals surface area contributed by atoms with Gasteiger partial charge in [-0.25, -0.2) is 0 Å². The van der Waals surface area contributed by atoms with Gasteiger partial charge < -0.3 is 16.0 Å². The van der Waals surface area contributed by atoms with Crippen molar-refractivity contribution >= 4 is 29.9 Å². The molecular formula is C20H30ClN3O2. The van der Waals surface area contributed by atoms with Gasteiger partial charge in [-0.15, -0.1) is 12.4 Å². The molecule has 0 spiro atoms. The summed E-state index contributed by atoms with van der Waals surface area (Å²) in [6.07, 6.45) is 5.80. The molecule has 3 unspecified atom stereocenters. The second-order valence-corrected chi connectivity index (χ2v) is 7.65. The number of carbonyl (C=O) groups excluding carboxylic acids is 2. The zero-order valence-corrected chi connectivity index (χ0v) is 16.7. The Kier molecular flexibility index (Phi) is 7.07. The van der Waals surface area contributed by atoms with Gasteiger partial charge in [0.05, 0.1) is 12.6 Å². The first-order valence-corrected chi connectivity index (χ1v) is 9.35. The van der Waals surface area contributed by atoms with Gasteiger partial charge >= 0.3 is 0 Å². The summed E-state index contributed by atoms with van der Waals surface area (Å²) < 4.78 is 0. The van der Waals surface area contributed by atoms with E-state index in [4.69, 9.17) is 0 Å². The smallest absolute Gasteiger partial charge is 0.243 e. The van der Waals surface area contributed by atoms with Crippen LogP contribution in [0.15, 0.2) is 12.1 Å². The van der Waals surface area contributed by atoms with Crippen molar-refractivity contribution in [3.05, 3.63) is 28.8 Å². The molecule has 1 aliphatic carbocycles. The summed E-state index contributed by atoms with van der Waals surface area (Å²) in [6, 6.07) is 4.43. The Morgan fingerprint density at radius 3 is 2.42 bits per heavy atom. The van der Waals surface area contributed by atoms with Gasteiger partial charge in [0.1, 0.15) is 0 Å². The van der Waals surface area contributed by atoms with Crippen LogP contribution in [0.25, 0.3) is 0 Å². The lowest BCUT2D eigenvalue weighted by Gasteiger charge is -2.24. The number of fused-ring (bicyclic) bond motifs is 1. The number of halogens is 1. The fourth-order valence-corrected chi connectivity index (χ4v) is 4.37. The molecule has 144 valence electrons. The summed E-state index contributed by atoms with van der Waals surface area (Å²) in [5.74, 6) is 0.386. The minimum absolute atomic E-state index is 0. The van der Waals surface area contributed by atoms with Gasteiger partial charge in [0.2, 0.25) is 11.8 Å². The quantitative estimate of drug-likeness (QED) is 0.753. The van der Waals surface area contributed by atoms with Crippen LogP contribution in [0.1, 0.15) is 48.8 Å². The van der Waals surface area contributed by atoms with Crippen LogP contribution in [0, 0.1) is 26.7 Å². The Labute approximate surface area is 162 Å². The number of anilines is 1. The molecule has 6 heteroatoms. The molecule has 2 aliphatic rings. The standard InChI is InChI=1S/C20H29N3O2.ClH/c1-12-8-13(2)19(14(3)9-12)23-18(24)11-21-20(25)17-10-15-6-4-5-7-16(15)22-17;/h8-9,15-17,22H,4-7,10-11H2,1-3H3,(H,21,25)(H,23,24);1H. The lowest BCUT2D eigenvalue weighted by atomic mass is 9.85. The van der Waals surface area contributed by atoms with E-state index in [1.165, 1.54) is 31.2 Å². The van der Waals surface area contributed by atoms with Crippen LogP contribution < -0.4 is 16.0 Å². The van der Waals surface area contributed by atoms with E-state index in [2.05, 4.69) is 16.0 Å². The highest BCUT2D eigenvalue weighted by atomic mass is 35.5. The molecule has 3 atom stereocenters. The molecule has 1 aliphatic heterocycles. The molecule has 0 aromatic heterocycles. The number of carbonyl (C=O) groups is 2. The van der Waals surface area contributed by atoms with Gasteiger partial charge in [-0.1, -0.05) is 30.5 Å². The van der Waals surface area contributed by atoms with Crippen LogP contribution in [-0.2, 0) is 9.59 Å². The predicted molar refractivity (Wildman–Crippen MR) is 107 cm³/mol. The number of aryl methyl sites for hydroxylation is 3. The van der Waals surface area contributed by atoms with E-state index < -0.39 is 0 Å². The van der Waals surface area contributed by atoms with E-state index >= 15 is 0 Å². The summed E-state index contributed by atoms with van der Waals surface area (Å²) in [7, 11) is 0. The molecule has 26 heavy (non-hydrogen) atoms. The summed E-state index contributed by atoms with van der Waals surface area (Å²) in [5.41, 5.74) is 4.10. The molecule has 1 heterocycles. The van der Waals surface area contributed by atoms with Crippen molar-refractivity contribution in [3.63, 3.8) is 0 Å². The van der Waals surface area contributed by atoms with Gasteiger partial charge in [0.25, 0.3) is 0 Å². The van der Waals surface area contributed by atoms with Crippen LogP contribution in [-0.4, -0.2) is 30.4 Å². The molecule has 3 rings (SSSR count). The maximum Gasteiger partial charge on any atom is 0.243 e. The summed E-state index contributed by atoms with van der Waals surface area (Å²) in [6.45, 7) is 6.02. The van der Waals surface area contributed by atoms with Crippen molar-refractivity contribution in [2.24, 2.45) is 5.92 Å². The number of nitrogens with one attached hydrogen (secondary N) is 3. The van der Waals surface area contributed by atoms with Gasteiger partial charge in [-0.05, 0) is 57.1 Å². The molecule has 1 saturated heterocycles. The SMILES string of the molecule is Cc1cc(C)c(NC(=O)CNC(=O)C2CC3CCCCC3N2)c(C)c1.Cl. The van der Waals surface area contributed by atoms with Gasteiger partial charge in [0.15, 0.2) is 0 Å². The number of hydrogen-bond donors (Lipinski definition) is 3. The van der Waals surface area contributed by atoms with E-state index in [0.717, 1.165) is 23.2 Å². The van der Waals surface area contributed by atoms with Crippen molar-refractivity contribution < 1.29 is 9.59 Å². The van der Waals surface area contributed by atoms with E-state index in [1.807, 2.05) is 32.9 Å². The van der Waals surface area contributed by atoms with Crippen molar-refractivity contribution in [1.29, 1.82) is 0 Å². The maximum absolute atomic E-state index is 12.4. The van der Waals surface area contributed by atoms with E-state index in [9.17, 15) is 9.59 Å². The van der Waals surface area contributed by atoms with E-state index in [0.29, 0.717) is 12.0 Å². The van der Waals surface area contributed by atoms with Crippen molar-refractivity contribution in [2.45, 2.75) is 65.0 Å². The largest absolute Gasteiger partial charge is 0.346 e. The molecule has 3 N–H and O–H groups in total. The highest BCUT2D eigenvalue weighted by molar-refractivity contribution is 5.96. The van der Waals surface area contributed by atoms with Gasteiger partial charge in [0, 0.05) is 11.7 Å². The summed E-state index contributed by atoms with van der Waals surface area (Å²) >= 11 is 0. The predicted octanol–water partition coefficient (Wildman–Crippen LogP) is 3.01. The molecule has 0 radical (unpaired) electrons. The first kappa shape index (κ1) is 20.7. The molecule has 1 aromatic carbocycles. The first-order chi connectivity index (χ1) is 11.9. The topological polar surface area (TPSA) is 70.2 Å². The Morgan fingerprint density at radius 1 is 1.12 bits per heavy atom. The molecule has 2 fully saturated rings. The molecule has 0 bridgehead atoms. The van der Waals surface area contributed by atoms with Crippen molar-refractivity contribution in [3.8, 4) is 0 Å². The van der Waals surface area contributed by atoms with Crippen LogP contribution in [0.5, 0.6) is 0 Å². The number of rotatable bonds is 4. The first-order valence-electron chi connectivity index (χ1n) is 9.35. The molecule has 5 nitrogen and oxygen atoms in total. The van der Waals surface area contributed by atoms with Crippen molar-refractivity contribution in [2.75, 3.05) is 11.9 Å². The zero-order chi connectivity index (χ0) is 18.0. The highest BCUT2D eigenvalue weighted by Crippen LogP contribution is 2.33. The Hall–Kier alpha value is -1.59. The normalized spacial score (nSPS) is 24.3. The highest BCUT2D eigenvalue weighted by Gasteiger charge is 2.38. The Balaban J connectivity index is 0.00000243. The average molecular weight is 380 g/mol. The monoisotopic (exact) mass is 379 g/mol. The van der Waals surface area contributed by atoms with Gasteiger partial charge in [-0.3, -0.25) is 9.59 Å². The Bertz CT molecular complexity index is 640. The number of amides is 2. The third kappa shape index (κ3) is 4.77. The third-order valence-corrected chi connectivity index (χ3v) is 5.54. The number of hydrogen-bond acceptors (Lipinski definition) is 3. The molecule has 1 saturated carbocycles. The lowest BCUT2D eigenvalue weighted by Crippen LogP contribution is -2.45. The second-order valence-electron chi connectivity index (χ2n) is 7.65. The van der Waals surface area contributed by atoms with Crippen LogP contribution in [0.2, 0.25) is 0 Å². The fraction of sp³-hybridized carbons (Fsp3) is 0.600. The fourth-order valence-electron chi connectivity index (χ4n) is 4.37. The minimum atomic E-state index is -0.182. The lowest BCUT2D eigenvalue weighted by molar-refractivity contribution is -0.125. The number of benzene rings is 1. The minimum Gasteiger partial charge on any atom is -0.346 e. The third-order valence-electron chi connectivity index (χ3n) is 5.54. The van der Waals surface area contributed by atoms with Crippen molar-refractivity contribution in [1.82, 2.24) is 10.6 Å². The van der Waals surface area contributed by atoms with Crippen LogP contribution in [0.3, 0.4) is 0 Å². The van der Waals surface area contributed by atoms with Gasteiger partial charge in [-0.2, -0.15) is 0 Å². The summed E-state index contributed by atoms with van der Waals surface area (Å²) in [4.78, 5) is 24.6. The molecule has 2 amide bonds. The van der Waals surface area contributed by atoms with E-state index in [-0.39, 0.29) is 36.8 Å². The second kappa shape index (κ2) is 8.87. The molecule has 1 aromatic rings. The van der Waals surface area contributed by atoms with Crippen LogP contribution >= 0.6 is 12.4 Å². The molecular weight excluding hydrogens is 350 g/mol. The maximum atomic E-state index is 12.4.